The maximum Gasteiger partial charge on any atom is 0.222 e. The summed E-state index contributed by atoms with van der Waals surface area (Å²) in [6.07, 6.45) is 1.51. The summed E-state index contributed by atoms with van der Waals surface area (Å²) in [5.74, 6) is 0.594. The van der Waals surface area contributed by atoms with E-state index < -0.39 is 5.62 Å². The second-order valence-electron chi connectivity index (χ2n) is 3.18. The third-order valence-electron chi connectivity index (χ3n) is 2.16. The number of aliphatic imine (C=N–C) groups is 2. The van der Waals surface area contributed by atoms with Crippen LogP contribution in [0.2, 0.25) is 5.02 Å². The fourth-order valence-corrected chi connectivity index (χ4v) is 2.05. The van der Waals surface area contributed by atoms with Crippen LogP contribution in [0, 0.1) is 0 Å². The number of ether oxygens (including phenoxy) is 1. The predicted molar refractivity (Wildman–Crippen MR) is 71.9 cm³/mol. The monoisotopic (exact) mass is 291 g/mol. The highest BCUT2D eigenvalue weighted by Crippen LogP contribution is 2.30. The summed E-state index contributed by atoms with van der Waals surface area (Å²) >= 11 is 17.7. The number of methoxy groups -OCH3 is 1. The molecular formula is C10H8Cl3N3O. The molecule has 1 aromatic carbocycles. The topological polar surface area (TPSA) is 37.2 Å². The first kappa shape index (κ1) is 12.5. The molecule has 0 fully saturated rings. The SMILES string of the molecule is COc1ccc(N2C=NC(Cl)=NC2Cl)cc1Cl. The molecule has 1 aliphatic rings. The van der Waals surface area contributed by atoms with E-state index >= 15 is 0 Å². The summed E-state index contributed by atoms with van der Waals surface area (Å²) in [6, 6.07) is 5.27. The second kappa shape index (κ2) is 5.12. The van der Waals surface area contributed by atoms with Crippen LogP contribution in [0.4, 0.5) is 5.69 Å². The first-order valence-corrected chi connectivity index (χ1v) is 5.84. The summed E-state index contributed by atoms with van der Waals surface area (Å²) < 4.78 is 5.07. The number of anilines is 1. The van der Waals surface area contributed by atoms with E-state index in [1.54, 1.807) is 30.2 Å². The first-order chi connectivity index (χ1) is 8.11. The average Bonchev–Trinajstić information content (AvgIpc) is 2.29. The molecule has 17 heavy (non-hydrogen) atoms. The molecule has 2 rings (SSSR count). The van der Waals surface area contributed by atoms with Gasteiger partial charge in [0.15, 0.2) is 0 Å². The van der Waals surface area contributed by atoms with Crippen molar-refractivity contribution in [3.05, 3.63) is 23.2 Å². The van der Waals surface area contributed by atoms with Gasteiger partial charge in [0, 0.05) is 5.69 Å². The zero-order valence-electron chi connectivity index (χ0n) is 8.77. The quantitative estimate of drug-likeness (QED) is 0.619. The van der Waals surface area contributed by atoms with Crippen molar-refractivity contribution < 1.29 is 4.74 Å². The van der Waals surface area contributed by atoms with E-state index in [1.807, 2.05) is 0 Å². The molecule has 90 valence electrons. The number of hydrogen-bond donors (Lipinski definition) is 0. The zero-order chi connectivity index (χ0) is 12.4. The van der Waals surface area contributed by atoms with Gasteiger partial charge < -0.3 is 4.74 Å². The molecular weight excluding hydrogens is 284 g/mol. The standard InChI is InChI=1S/C10H8Cl3N3O/c1-17-8-3-2-6(4-7(8)11)16-5-14-9(12)15-10(16)13/h2-5,10H,1H3. The fourth-order valence-electron chi connectivity index (χ4n) is 1.35. The zero-order valence-corrected chi connectivity index (χ0v) is 11.0. The van der Waals surface area contributed by atoms with Gasteiger partial charge in [0.25, 0.3) is 0 Å². The smallest absolute Gasteiger partial charge is 0.222 e. The van der Waals surface area contributed by atoms with Crippen molar-refractivity contribution in [2.45, 2.75) is 5.62 Å². The Morgan fingerprint density at radius 2 is 2.12 bits per heavy atom. The Kier molecular flexibility index (Phi) is 3.76. The minimum absolute atomic E-state index is 0.126. The fraction of sp³-hybridized carbons (Fsp3) is 0.200. The molecule has 0 saturated carbocycles. The van der Waals surface area contributed by atoms with Crippen LogP contribution in [-0.4, -0.2) is 24.4 Å². The molecule has 0 amide bonds. The number of halogens is 3. The molecule has 0 N–H and O–H groups in total. The normalized spacial score (nSPS) is 19.2. The van der Waals surface area contributed by atoms with Gasteiger partial charge in [-0.2, -0.15) is 0 Å². The largest absolute Gasteiger partial charge is 0.495 e. The van der Waals surface area contributed by atoms with Crippen LogP contribution >= 0.6 is 34.8 Å². The Morgan fingerprint density at radius 1 is 1.35 bits per heavy atom. The van der Waals surface area contributed by atoms with E-state index in [-0.39, 0.29) is 5.29 Å². The van der Waals surface area contributed by atoms with Crippen LogP contribution in [0.25, 0.3) is 0 Å². The van der Waals surface area contributed by atoms with Gasteiger partial charge in [-0.05, 0) is 29.8 Å². The molecule has 0 bridgehead atoms. The van der Waals surface area contributed by atoms with Crippen LogP contribution in [0.15, 0.2) is 28.2 Å². The molecule has 1 heterocycles. The van der Waals surface area contributed by atoms with E-state index in [4.69, 9.17) is 39.5 Å². The van der Waals surface area contributed by atoms with Crippen LogP contribution in [0.3, 0.4) is 0 Å². The van der Waals surface area contributed by atoms with Gasteiger partial charge in [0.2, 0.25) is 10.9 Å². The highest BCUT2D eigenvalue weighted by Gasteiger charge is 2.18. The molecule has 0 aromatic heterocycles. The molecule has 4 nitrogen and oxygen atoms in total. The summed E-state index contributed by atoms with van der Waals surface area (Å²) in [7, 11) is 1.55. The summed E-state index contributed by atoms with van der Waals surface area (Å²) in [6.45, 7) is 0. The third-order valence-corrected chi connectivity index (χ3v) is 2.96. The predicted octanol–water partition coefficient (Wildman–Crippen LogP) is 3.31. The van der Waals surface area contributed by atoms with Crippen molar-refractivity contribution in [2.24, 2.45) is 9.98 Å². The third kappa shape index (κ3) is 2.65. The van der Waals surface area contributed by atoms with E-state index in [0.29, 0.717) is 10.8 Å². The summed E-state index contributed by atoms with van der Waals surface area (Å²) in [4.78, 5) is 9.42. The van der Waals surface area contributed by atoms with E-state index in [1.165, 1.54) is 6.34 Å². The number of amidine groups is 1. The van der Waals surface area contributed by atoms with E-state index in [0.717, 1.165) is 5.69 Å². The maximum absolute atomic E-state index is 6.03. The van der Waals surface area contributed by atoms with Gasteiger partial charge in [0.05, 0.1) is 12.1 Å². The average molecular weight is 293 g/mol. The van der Waals surface area contributed by atoms with Gasteiger partial charge in [0.1, 0.15) is 12.1 Å². The lowest BCUT2D eigenvalue weighted by molar-refractivity contribution is 0.415. The van der Waals surface area contributed by atoms with Crippen molar-refractivity contribution >= 4 is 52.1 Å². The molecule has 7 heteroatoms. The Labute approximate surface area is 113 Å². The second-order valence-corrected chi connectivity index (χ2v) is 4.32. The Bertz CT molecular complexity index is 490. The Balaban J connectivity index is 2.30. The minimum atomic E-state index is -0.635. The number of nitrogens with zero attached hydrogens (tertiary/aromatic N) is 3. The van der Waals surface area contributed by atoms with Gasteiger partial charge in [-0.1, -0.05) is 23.2 Å². The molecule has 1 atom stereocenters. The molecule has 0 spiro atoms. The van der Waals surface area contributed by atoms with E-state index in [9.17, 15) is 0 Å². The molecule has 1 aliphatic heterocycles. The van der Waals surface area contributed by atoms with Gasteiger partial charge in [-0.3, -0.25) is 4.90 Å². The lowest BCUT2D eigenvalue weighted by Gasteiger charge is -2.24. The van der Waals surface area contributed by atoms with Crippen molar-refractivity contribution in [3.63, 3.8) is 0 Å². The minimum Gasteiger partial charge on any atom is -0.495 e. The summed E-state index contributed by atoms with van der Waals surface area (Å²) in [5, 5.41) is 0.615. The van der Waals surface area contributed by atoms with Crippen molar-refractivity contribution in [1.82, 2.24) is 0 Å². The lowest BCUT2D eigenvalue weighted by atomic mass is 10.3. The van der Waals surface area contributed by atoms with Crippen LogP contribution in [-0.2, 0) is 0 Å². The molecule has 1 aromatic rings. The van der Waals surface area contributed by atoms with Gasteiger partial charge in [-0.15, -0.1) is 0 Å². The van der Waals surface area contributed by atoms with Crippen molar-refractivity contribution in [1.29, 1.82) is 0 Å². The number of benzene rings is 1. The van der Waals surface area contributed by atoms with E-state index in [2.05, 4.69) is 9.98 Å². The maximum atomic E-state index is 6.03. The number of rotatable bonds is 2. The van der Waals surface area contributed by atoms with Crippen LogP contribution in [0.5, 0.6) is 5.75 Å². The van der Waals surface area contributed by atoms with Gasteiger partial charge in [-0.25, -0.2) is 9.98 Å². The highest BCUT2D eigenvalue weighted by molar-refractivity contribution is 6.66. The Morgan fingerprint density at radius 3 is 2.71 bits per heavy atom. The molecule has 0 aliphatic carbocycles. The van der Waals surface area contributed by atoms with Crippen LogP contribution in [0.1, 0.15) is 0 Å². The number of alkyl halides is 1. The lowest BCUT2D eigenvalue weighted by Crippen LogP contribution is -2.31. The molecule has 0 radical (unpaired) electrons. The van der Waals surface area contributed by atoms with Crippen molar-refractivity contribution in [2.75, 3.05) is 12.0 Å². The van der Waals surface area contributed by atoms with Crippen molar-refractivity contribution in [3.8, 4) is 5.75 Å². The van der Waals surface area contributed by atoms with Crippen LogP contribution < -0.4 is 9.64 Å². The highest BCUT2D eigenvalue weighted by atomic mass is 35.5. The first-order valence-electron chi connectivity index (χ1n) is 4.65. The number of hydrogen-bond acceptors (Lipinski definition) is 4. The molecule has 0 saturated heterocycles. The Hall–Kier alpha value is -0.970. The van der Waals surface area contributed by atoms with Gasteiger partial charge >= 0.3 is 0 Å². The summed E-state index contributed by atoms with van der Waals surface area (Å²) in [5.41, 5.74) is 0.122. The molecule has 1 unspecified atom stereocenters.